The number of carbonyl (C=O) groups is 3. The lowest BCUT2D eigenvalue weighted by Gasteiger charge is -2.32. The van der Waals surface area contributed by atoms with E-state index in [9.17, 15) is 14.4 Å². The first-order valence-electron chi connectivity index (χ1n) is 6.96. The van der Waals surface area contributed by atoms with Crippen molar-refractivity contribution in [3.63, 3.8) is 0 Å². The van der Waals surface area contributed by atoms with Crippen molar-refractivity contribution in [2.24, 2.45) is 5.92 Å². The fraction of sp³-hybridized carbons (Fsp3) is 0.500. The number of piperidine rings is 1. The zero-order valence-electron chi connectivity index (χ0n) is 12.0. The number of amides is 2. The number of nitrogens with zero attached hydrogens (tertiary/aromatic N) is 1. The lowest BCUT2D eigenvalue weighted by atomic mass is 9.98. The number of thiophene rings is 1. The van der Waals surface area contributed by atoms with Gasteiger partial charge in [0, 0.05) is 13.1 Å². The van der Waals surface area contributed by atoms with Gasteiger partial charge in [-0.05, 0) is 47.8 Å². The molecule has 0 aliphatic carbocycles. The Morgan fingerprint density at radius 1 is 1.45 bits per heavy atom. The number of aliphatic carboxylic acids is 1. The zero-order valence-corrected chi connectivity index (χ0v) is 14.4. The quantitative estimate of drug-likeness (QED) is 0.824. The summed E-state index contributed by atoms with van der Waals surface area (Å²) < 4.78 is 0.844. The van der Waals surface area contributed by atoms with E-state index in [1.54, 1.807) is 19.1 Å². The molecule has 1 aromatic heterocycles. The van der Waals surface area contributed by atoms with Crippen LogP contribution in [0.15, 0.2) is 15.9 Å². The van der Waals surface area contributed by atoms with Crippen molar-refractivity contribution in [3.05, 3.63) is 20.8 Å². The molecule has 0 bridgehead atoms. The van der Waals surface area contributed by atoms with Crippen LogP contribution < -0.4 is 5.32 Å². The summed E-state index contributed by atoms with van der Waals surface area (Å²) in [6.45, 7) is 2.36. The van der Waals surface area contributed by atoms with E-state index < -0.39 is 17.9 Å². The standard InChI is InChI=1S/C14H17BrN2O4S/c1-8(16-12(18)10-4-5-11(15)22-10)13(19)17-6-2-3-9(7-17)14(20)21/h4-5,8-9H,2-3,6-7H2,1H3,(H,16,18)(H,20,21)/t8?,9-/m0/s1. The normalized spacial score (nSPS) is 19.5. The molecule has 1 saturated heterocycles. The van der Waals surface area contributed by atoms with E-state index in [2.05, 4.69) is 21.2 Å². The molecule has 2 atom stereocenters. The number of nitrogens with one attached hydrogen (secondary N) is 1. The summed E-state index contributed by atoms with van der Waals surface area (Å²) in [5.74, 6) is -1.94. The molecule has 2 heterocycles. The summed E-state index contributed by atoms with van der Waals surface area (Å²) in [5, 5.41) is 11.7. The van der Waals surface area contributed by atoms with E-state index in [1.807, 2.05) is 0 Å². The van der Waals surface area contributed by atoms with E-state index in [4.69, 9.17) is 5.11 Å². The second-order valence-corrected chi connectivity index (χ2v) is 7.72. The maximum atomic E-state index is 12.4. The molecule has 22 heavy (non-hydrogen) atoms. The third-order valence-electron chi connectivity index (χ3n) is 3.60. The van der Waals surface area contributed by atoms with Crippen LogP contribution in [-0.4, -0.2) is 46.9 Å². The van der Waals surface area contributed by atoms with Crippen molar-refractivity contribution in [2.45, 2.75) is 25.8 Å². The number of carboxylic acid groups (broad SMARTS) is 1. The Labute approximate surface area is 140 Å². The number of carboxylic acids is 1. The fourth-order valence-corrected chi connectivity index (χ4v) is 3.71. The fourth-order valence-electron chi connectivity index (χ4n) is 2.42. The molecule has 6 nitrogen and oxygen atoms in total. The summed E-state index contributed by atoms with van der Waals surface area (Å²) in [5.41, 5.74) is 0. The summed E-state index contributed by atoms with van der Waals surface area (Å²) in [7, 11) is 0. The highest BCUT2D eigenvalue weighted by Crippen LogP contribution is 2.22. The molecule has 0 radical (unpaired) electrons. The van der Waals surface area contributed by atoms with Crippen LogP contribution in [0.4, 0.5) is 0 Å². The largest absolute Gasteiger partial charge is 0.481 e. The maximum absolute atomic E-state index is 12.4. The first-order chi connectivity index (χ1) is 10.4. The molecule has 0 spiro atoms. The van der Waals surface area contributed by atoms with Gasteiger partial charge in [0.05, 0.1) is 14.6 Å². The van der Waals surface area contributed by atoms with Crippen molar-refractivity contribution >= 4 is 45.1 Å². The minimum Gasteiger partial charge on any atom is -0.481 e. The Kier molecular flexibility index (Phi) is 5.57. The average Bonchev–Trinajstić information content (AvgIpc) is 2.93. The van der Waals surface area contributed by atoms with Crippen LogP contribution in [0.3, 0.4) is 0 Å². The van der Waals surface area contributed by atoms with Gasteiger partial charge in [0.25, 0.3) is 5.91 Å². The first-order valence-corrected chi connectivity index (χ1v) is 8.57. The molecule has 8 heteroatoms. The van der Waals surface area contributed by atoms with Crippen molar-refractivity contribution in [2.75, 3.05) is 13.1 Å². The summed E-state index contributed by atoms with van der Waals surface area (Å²) >= 11 is 4.58. The molecule has 0 saturated carbocycles. The van der Waals surface area contributed by atoms with E-state index in [0.29, 0.717) is 24.3 Å². The van der Waals surface area contributed by atoms with Crippen LogP contribution in [-0.2, 0) is 9.59 Å². The lowest BCUT2D eigenvalue weighted by Crippen LogP contribution is -2.50. The van der Waals surface area contributed by atoms with Gasteiger partial charge in [0.15, 0.2) is 0 Å². The lowest BCUT2D eigenvalue weighted by molar-refractivity contribution is -0.146. The van der Waals surface area contributed by atoms with Crippen LogP contribution in [0.2, 0.25) is 0 Å². The van der Waals surface area contributed by atoms with Crippen LogP contribution >= 0.6 is 27.3 Å². The number of halogens is 1. The third-order valence-corrected chi connectivity index (χ3v) is 5.22. The van der Waals surface area contributed by atoms with Crippen molar-refractivity contribution in [3.8, 4) is 0 Å². The van der Waals surface area contributed by atoms with E-state index in [1.165, 1.54) is 16.2 Å². The Hall–Kier alpha value is -1.41. The van der Waals surface area contributed by atoms with Crippen molar-refractivity contribution in [1.82, 2.24) is 10.2 Å². The van der Waals surface area contributed by atoms with Gasteiger partial charge in [0.1, 0.15) is 6.04 Å². The molecule has 120 valence electrons. The van der Waals surface area contributed by atoms with Gasteiger partial charge in [0.2, 0.25) is 5.91 Å². The number of hydrogen-bond donors (Lipinski definition) is 2. The molecule has 2 rings (SSSR count). The van der Waals surface area contributed by atoms with Crippen molar-refractivity contribution < 1.29 is 19.5 Å². The molecule has 1 fully saturated rings. The van der Waals surface area contributed by atoms with Gasteiger partial charge in [-0.3, -0.25) is 14.4 Å². The number of rotatable bonds is 4. The molecule has 1 unspecified atom stereocenters. The molecular weight excluding hydrogens is 372 g/mol. The summed E-state index contributed by atoms with van der Waals surface area (Å²) in [4.78, 5) is 37.5. The smallest absolute Gasteiger partial charge is 0.308 e. The molecule has 2 amide bonds. The highest BCUT2D eigenvalue weighted by Gasteiger charge is 2.30. The van der Waals surface area contributed by atoms with Gasteiger partial charge in [-0.1, -0.05) is 0 Å². The van der Waals surface area contributed by atoms with Crippen LogP contribution in [0.25, 0.3) is 0 Å². The Bertz CT molecular complexity index is 589. The molecule has 1 aliphatic rings. The average molecular weight is 389 g/mol. The van der Waals surface area contributed by atoms with E-state index >= 15 is 0 Å². The molecule has 2 N–H and O–H groups in total. The summed E-state index contributed by atoms with van der Waals surface area (Å²) in [6.07, 6.45) is 1.25. The van der Waals surface area contributed by atoms with Gasteiger partial charge in [-0.25, -0.2) is 0 Å². The predicted octanol–water partition coefficient (Wildman–Crippen LogP) is 1.95. The molecular formula is C14H17BrN2O4S. The SMILES string of the molecule is CC(NC(=O)c1ccc(Br)s1)C(=O)N1CCC[C@H](C(=O)O)C1. The maximum Gasteiger partial charge on any atom is 0.308 e. The Morgan fingerprint density at radius 3 is 2.77 bits per heavy atom. The van der Waals surface area contributed by atoms with Crippen LogP contribution in [0.5, 0.6) is 0 Å². The van der Waals surface area contributed by atoms with Gasteiger partial charge < -0.3 is 15.3 Å². The van der Waals surface area contributed by atoms with Crippen LogP contribution in [0.1, 0.15) is 29.4 Å². The second-order valence-electron chi connectivity index (χ2n) is 5.26. The minimum atomic E-state index is -0.877. The molecule has 1 aromatic rings. The zero-order chi connectivity index (χ0) is 16.3. The van der Waals surface area contributed by atoms with E-state index in [0.717, 1.165) is 3.79 Å². The highest BCUT2D eigenvalue weighted by atomic mass is 79.9. The van der Waals surface area contributed by atoms with Gasteiger partial charge in [-0.2, -0.15) is 0 Å². The van der Waals surface area contributed by atoms with Gasteiger partial charge in [-0.15, -0.1) is 11.3 Å². The summed E-state index contributed by atoms with van der Waals surface area (Å²) in [6, 6.07) is 2.78. The number of carbonyl (C=O) groups excluding carboxylic acids is 2. The second kappa shape index (κ2) is 7.23. The van der Waals surface area contributed by atoms with Gasteiger partial charge >= 0.3 is 5.97 Å². The Morgan fingerprint density at radius 2 is 2.18 bits per heavy atom. The van der Waals surface area contributed by atoms with E-state index in [-0.39, 0.29) is 18.4 Å². The van der Waals surface area contributed by atoms with Crippen molar-refractivity contribution in [1.29, 1.82) is 0 Å². The predicted molar refractivity (Wildman–Crippen MR) is 85.9 cm³/mol. The Balaban J connectivity index is 1.94. The number of likely N-dealkylation sites (tertiary alicyclic amines) is 1. The topological polar surface area (TPSA) is 86.7 Å². The highest BCUT2D eigenvalue weighted by molar-refractivity contribution is 9.11. The van der Waals surface area contributed by atoms with Crippen LogP contribution in [0, 0.1) is 5.92 Å². The minimum absolute atomic E-state index is 0.207. The monoisotopic (exact) mass is 388 g/mol. The molecule has 1 aliphatic heterocycles. The third kappa shape index (κ3) is 4.07. The number of hydrogen-bond acceptors (Lipinski definition) is 4. The molecule has 0 aromatic carbocycles. The first kappa shape index (κ1) is 17.0.